The lowest BCUT2D eigenvalue weighted by molar-refractivity contribution is -0.0321. The van der Waals surface area contributed by atoms with Gasteiger partial charge < -0.3 is 14.6 Å². The highest BCUT2D eigenvalue weighted by Crippen LogP contribution is 2.58. The summed E-state index contributed by atoms with van der Waals surface area (Å²) in [6.07, 6.45) is 5.12. The number of aromatic nitrogens is 3. The van der Waals surface area contributed by atoms with Crippen LogP contribution in [0.25, 0.3) is 10.9 Å². The van der Waals surface area contributed by atoms with Crippen LogP contribution >= 0.6 is 0 Å². The molecule has 0 radical (unpaired) electrons. The van der Waals surface area contributed by atoms with Gasteiger partial charge in [-0.3, -0.25) is 9.59 Å². The Morgan fingerprint density at radius 1 is 1.24 bits per heavy atom. The largest absolute Gasteiger partial charge is 0.473 e. The highest BCUT2D eigenvalue weighted by atomic mass is 32.2. The smallest absolute Gasteiger partial charge is 0.263 e. The molecular weight excluding hydrogens is 508 g/mol. The number of aryl methyl sites for hydroxylation is 1. The third-order valence-electron chi connectivity index (χ3n) is 8.01. The molecule has 4 aliphatic carbocycles. The minimum absolute atomic E-state index is 0.0404. The number of sulfonamides is 1. The van der Waals surface area contributed by atoms with E-state index in [-0.39, 0.29) is 30.1 Å². The minimum atomic E-state index is -3.58. The fraction of sp³-hybridized carbons (Fsp3) is 0.423. The highest BCUT2D eigenvalue weighted by molar-refractivity contribution is 7.91. The Bertz CT molecular complexity index is 1650. The van der Waals surface area contributed by atoms with Crippen molar-refractivity contribution in [1.29, 1.82) is 5.26 Å². The summed E-state index contributed by atoms with van der Waals surface area (Å²) in [5, 5.41) is 20.1. The van der Waals surface area contributed by atoms with Gasteiger partial charge in [0.25, 0.3) is 17.3 Å². The lowest BCUT2D eigenvalue weighted by atomic mass is 9.50. The minimum Gasteiger partial charge on any atom is -0.473 e. The number of nitrogens with one attached hydrogen (secondary N) is 2. The van der Waals surface area contributed by atoms with Gasteiger partial charge in [0.15, 0.2) is 0 Å². The van der Waals surface area contributed by atoms with Gasteiger partial charge in [-0.05, 0) is 61.8 Å². The zero-order chi connectivity index (χ0) is 26.7. The Hall–Kier alpha value is -3.82. The maximum atomic E-state index is 13.1. The van der Waals surface area contributed by atoms with Gasteiger partial charge in [0.2, 0.25) is 10.0 Å². The maximum Gasteiger partial charge on any atom is 0.263 e. The second-order valence-corrected chi connectivity index (χ2v) is 12.8. The van der Waals surface area contributed by atoms with Crippen molar-refractivity contribution in [2.75, 3.05) is 6.61 Å². The van der Waals surface area contributed by atoms with Crippen LogP contribution in [0.2, 0.25) is 0 Å². The molecule has 4 aliphatic rings. The van der Waals surface area contributed by atoms with Gasteiger partial charge in [-0.2, -0.15) is 10.4 Å². The van der Waals surface area contributed by atoms with Crippen LogP contribution in [0.15, 0.2) is 41.3 Å². The first kappa shape index (κ1) is 24.5. The fourth-order valence-corrected chi connectivity index (χ4v) is 7.27. The van der Waals surface area contributed by atoms with E-state index in [1.807, 2.05) is 6.07 Å². The zero-order valence-electron chi connectivity index (χ0n) is 20.7. The molecule has 0 unspecified atom stereocenters. The molecule has 0 saturated heterocycles. The number of hydrogen-bond acceptors (Lipinski definition) is 8. The Morgan fingerprint density at radius 3 is 2.55 bits per heavy atom. The van der Waals surface area contributed by atoms with Gasteiger partial charge >= 0.3 is 0 Å². The predicted molar refractivity (Wildman–Crippen MR) is 137 cm³/mol. The van der Waals surface area contributed by atoms with Crippen molar-refractivity contribution in [2.24, 2.45) is 13.0 Å². The summed E-state index contributed by atoms with van der Waals surface area (Å²) in [5.41, 5.74) is 0.736. The van der Waals surface area contributed by atoms with Gasteiger partial charge in [-0.15, -0.1) is 5.10 Å². The molecule has 2 heterocycles. The molecule has 0 aliphatic heterocycles. The molecule has 0 atom stereocenters. The van der Waals surface area contributed by atoms with Crippen molar-refractivity contribution in [1.82, 2.24) is 24.8 Å². The van der Waals surface area contributed by atoms with Crippen molar-refractivity contribution in [2.45, 2.75) is 48.9 Å². The second kappa shape index (κ2) is 8.61. The molecule has 2 aromatic heterocycles. The molecule has 2 bridgehead atoms. The average molecular weight is 535 g/mol. The SMILES string of the molecule is Cn1c(=O)c(C(=O)NCc2ccc(C#N)cc2)cc2cnnc(OCC3(S(=O)(=O)NC45CC(C4)C5)CC3)c21. The summed E-state index contributed by atoms with van der Waals surface area (Å²) in [6, 6.07) is 10.2. The quantitative estimate of drug-likeness (QED) is 0.418. The van der Waals surface area contributed by atoms with Crippen LogP contribution in [0.4, 0.5) is 0 Å². The molecule has 2 N–H and O–H groups in total. The number of amides is 1. The predicted octanol–water partition coefficient (Wildman–Crippen LogP) is 1.51. The molecule has 38 heavy (non-hydrogen) atoms. The summed E-state index contributed by atoms with van der Waals surface area (Å²) in [4.78, 5) is 25.9. The molecule has 12 heteroatoms. The Balaban J connectivity index is 1.20. The lowest BCUT2D eigenvalue weighted by Gasteiger charge is -2.61. The standard InChI is InChI=1S/C26H26N6O5S/c1-32-21-19(8-20(24(32)34)22(33)28-13-17-4-2-16(12-27)3-5-17)14-29-30-23(21)37-15-26(6-7-26)38(35,36)31-25-9-18(10-25)11-25/h2-5,8,14,18,31H,6-7,9-11,13,15H2,1H3,(H,28,33). The van der Waals surface area contributed by atoms with Gasteiger partial charge in [0.1, 0.15) is 22.4 Å². The number of rotatable bonds is 9. The Morgan fingerprint density at radius 2 is 1.95 bits per heavy atom. The number of carbonyl (C=O) groups is 1. The number of ether oxygens (including phenoxy) is 1. The average Bonchev–Trinajstić information content (AvgIpc) is 3.67. The first-order chi connectivity index (χ1) is 18.1. The molecule has 7 rings (SSSR count). The van der Waals surface area contributed by atoms with Crippen molar-refractivity contribution in [3.05, 3.63) is 63.6 Å². The summed E-state index contributed by atoms with van der Waals surface area (Å²) in [7, 11) is -2.08. The van der Waals surface area contributed by atoms with E-state index in [1.165, 1.54) is 23.9 Å². The molecule has 4 saturated carbocycles. The normalized spacial score (nSPS) is 22.6. The summed E-state index contributed by atoms with van der Waals surface area (Å²) in [6.45, 7) is 0.0812. The number of pyridine rings is 1. The van der Waals surface area contributed by atoms with Crippen LogP contribution in [0.1, 0.15) is 53.6 Å². The van der Waals surface area contributed by atoms with Gasteiger partial charge in [-0.25, -0.2) is 13.1 Å². The number of nitriles is 1. The number of carbonyl (C=O) groups excluding carboxylic acids is 1. The molecule has 196 valence electrons. The van der Waals surface area contributed by atoms with E-state index >= 15 is 0 Å². The van der Waals surface area contributed by atoms with Crippen molar-refractivity contribution in [3.8, 4) is 11.9 Å². The van der Waals surface area contributed by atoms with E-state index in [9.17, 15) is 18.0 Å². The highest BCUT2D eigenvalue weighted by Gasteiger charge is 2.63. The van der Waals surface area contributed by atoms with E-state index < -0.39 is 26.2 Å². The van der Waals surface area contributed by atoms with Crippen molar-refractivity contribution >= 4 is 26.8 Å². The van der Waals surface area contributed by atoms with E-state index in [0.29, 0.717) is 35.2 Å². The molecular formula is C26H26N6O5S. The molecule has 0 spiro atoms. The van der Waals surface area contributed by atoms with Gasteiger partial charge in [0.05, 0.1) is 17.8 Å². The fourth-order valence-electron chi connectivity index (χ4n) is 5.38. The van der Waals surface area contributed by atoms with Crippen LogP contribution in [0.5, 0.6) is 5.88 Å². The van der Waals surface area contributed by atoms with Crippen LogP contribution < -0.4 is 20.3 Å². The third-order valence-corrected chi connectivity index (χ3v) is 10.4. The Kier molecular flexibility index (Phi) is 5.55. The molecule has 1 aromatic carbocycles. The van der Waals surface area contributed by atoms with E-state index in [4.69, 9.17) is 10.00 Å². The van der Waals surface area contributed by atoms with E-state index in [0.717, 1.165) is 24.8 Å². The topological polar surface area (TPSA) is 156 Å². The first-order valence-electron chi connectivity index (χ1n) is 12.4. The molecule has 1 amide bonds. The maximum absolute atomic E-state index is 13.1. The molecule has 4 fully saturated rings. The van der Waals surface area contributed by atoms with Crippen LogP contribution in [-0.2, 0) is 23.6 Å². The van der Waals surface area contributed by atoms with Gasteiger partial charge in [-0.1, -0.05) is 12.1 Å². The van der Waals surface area contributed by atoms with E-state index in [1.54, 1.807) is 24.3 Å². The summed E-state index contributed by atoms with van der Waals surface area (Å²) in [5.74, 6) is 0.136. The summed E-state index contributed by atoms with van der Waals surface area (Å²) < 4.78 is 35.3. The van der Waals surface area contributed by atoms with E-state index in [2.05, 4.69) is 20.2 Å². The van der Waals surface area contributed by atoms with Crippen molar-refractivity contribution < 1.29 is 17.9 Å². The van der Waals surface area contributed by atoms with Gasteiger partial charge in [0, 0.05) is 24.5 Å². The number of hydrogen-bond donors (Lipinski definition) is 2. The monoisotopic (exact) mass is 534 g/mol. The first-order valence-corrected chi connectivity index (χ1v) is 13.9. The summed E-state index contributed by atoms with van der Waals surface area (Å²) >= 11 is 0. The second-order valence-electron chi connectivity index (χ2n) is 10.7. The molecule has 11 nitrogen and oxygen atoms in total. The van der Waals surface area contributed by atoms with Crippen LogP contribution in [0.3, 0.4) is 0 Å². The number of fused-ring (bicyclic) bond motifs is 1. The van der Waals surface area contributed by atoms with Crippen LogP contribution in [0, 0.1) is 17.2 Å². The Labute approximate surface area is 218 Å². The number of benzene rings is 1. The van der Waals surface area contributed by atoms with Crippen LogP contribution in [-0.4, -0.2) is 46.0 Å². The lowest BCUT2D eigenvalue weighted by Crippen LogP contribution is -2.69. The van der Waals surface area contributed by atoms with Crippen molar-refractivity contribution in [3.63, 3.8) is 0 Å². The molecule has 3 aromatic rings. The number of nitrogens with zero attached hydrogens (tertiary/aromatic N) is 4. The zero-order valence-corrected chi connectivity index (χ0v) is 21.5. The third kappa shape index (κ3) is 4.02.